The van der Waals surface area contributed by atoms with Crippen molar-refractivity contribution in [2.24, 2.45) is 17.3 Å². The van der Waals surface area contributed by atoms with E-state index < -0.39 is 10.2 Å². The molecule has 2 N–H and O–H groups in total. The highest BCUT2D eigenvalue weighted by Crippen LogP contribution is 2.51. The molecule has 2 aliphatic carbocycles. The van der Waals surface area contributed by atoms with Crippen molar-refractivity contribution in [3.05, 3.63) is 0 Å². The van der Waals surface area contributed by atoms with E-state index in [4.69, 9.17) is 0 Å². The first-order chi connectivity index (χ1) is 9.87. The molecule has 0 amide bonds. The van der Waals surface area contributed by atoms with Gasteiger partial charge in [-0.25, -0.2) is 4.72 Å². The molecular weight excluding hydrogens is 286 g/mol. The maximum atomic E-state index is 12.4. The molecule has 21 heavy (non-hydrogen) atoms. The van der Waals surface area contributed by atoms with Crippen molar-refractivity contribution in [1.82, 2.24) is 14.3 Å². The van der Waals surface area contributed by atoms with E-state index in [9.17, 15) is 8.42 Å². The van der Waals surface area contributed by atoms with Crippen molar-refractivity contribution in [3.63, 3.8) is 0 Å². The fourth-order valence-corrected chi connectivity index (χ4v) is 4.63. The van der Waals surface area contributed by atoms with Crippen molar-refractivity contribution in [3.8, 4) is 0 Å². The second-order valence-electron chi connectivity index (χ2n) is 7.79. The lowest BCUT2D eigenvalue weighted by atomic mass is 10.00. The molecule has 1 saturated heterocycles. The van der Waals surface area contributed by atoms with Crippen LogP contribution < -0.4 is 10.0 Å². The largest absolute Gasteiger partial charge is 0.314 e. The SMILES string of the molecule is CC1(C)CC1CNS(=O)(=O)N1CCCC(CNC2CC2)C1. The van der Waals surface area contributed by atoms with E-state index in [0.717, 1.165) is 25.8 Å². The highest BCUT2D eigenvalue weighted by molar-refractivity contribution is 7.87. The molecular formula is C15H29N3O2S. The van der Waals surface area contributed by atoms with Crippen LogP contribution in [0.15, 0.2) is 0 Å². The first kappa shape index (κ1) is 15.7. The van der Waals surface area contributed by atoms with Gasteiger partial charge in [-0.1, -0.05) is 13.8 Å². The van der Waals surface area contributed by atoms with E-state index >= 15 is 0 Å². The van der Waals surface area contributed by atoms with Crippen molar-refractivity contribution in [2.45, 2.75) is 52.0 Å². The summed E-state index contributed by atoms with van der Waals surface area (Å²) in [6.07, 6.45) is 5.82. The van der Waals surface area contributed by atoms with Gasteiger partial charge in [-0.2, -0.15) is 12.7 Å². The Morgan fingerprint density at radius 2 is 1.90 bits per heavy atom. The van der Waals surface area contributed by atoms with Crippen LogP contribution in [0, 0.1) is 17.3 Å². The van der Waals surface area contributed by atoms with E-state index in [2.05, 4.69) is 23.9 Å². The topological polar surface area (TPSA) is 61.4 Å². The smallest absolute Gasteiger partial charge is 0.279 e. The average molecular weight is 315 g/mol. The minimum absolute atomic E-state index is 0.321. The quantitative estimate of drug-likeness (QED) is 0.745. The Morgan fingerprint density at radius 1 is 1.19 bits per heavy atom. The molecule has 0 spiro atoms. The van der Waals surface area contributed by atoms with Gasteiger partial charge in [-0.05, 0) is 55.9 Å². The lowest BCUT2D eigenvalue weighted by Crippen LogP contribution is -2.48. The zero-order valence-electron chi connectivity index (χ0n) is 13.3. The number of hydrogen-bond donors (Lipinski definition) is 2. The Hall–Kier alpha value is -0.170. The first-order valence-electron chi connectivity index (χ1n) is 8.35. The van der Waals surface area contributed by atoms with E-state index in [1.807, 2.05) is 0 Å². The van der Waals surface area contributed by atoms with Gasteiger partial charge < -0.3 is 5.32 Å². The van der Waals surface area contributed by atoms with Crippen LogP contribution >= 0.6 is 0 Å². The lowest BCUT2D eigenvalue weighted by Gasteiger charge is -2.32. The molecule has 2 saturated carbocycles. The van der Waals surface area contributed by atoms with Crippen LogP contribution in [-0.2, 0) is 10.2 Å². The molecule has 1 heterocycles. The summed E-state index contributed by atoms with van der Waals surface area (Å²) in [6, 6.07) is 0.701. The minimum atomic E-state index is -3.29. The summed E-state index contributed by atoms with van der Waals surface area (Å²) in [6.45, 7) is 7.30. The highest BCUT2D eigenvalue weighted by Gasteiger charge is 2.45. The van der Waals surface area contributed by atoms with Gasteiger partial charge in [0.2, 0.25) is 0 Å². The Morgan fingerprint density at radius 3 is 2.52 bits per heavy atom. The predicted octanol–water partition coefficient (Wildman–Crippen LogP) is 1.33. The van der Waals surface area contributed by atoms with Crippen molar-refractivity contribution in [2.75, 3.05) is 26.2 Å². The fourth-order valence-electron chi connectivity index (χ4n) is 3.25. The molecule has 2 atom stereocenters. The summed E-state index contributed by atoms with van der Waals surface area (Å²) in [4.78, 5) is 0. The van der Waals surface area contributed by atoms with E-state index in [1.165, 1.54) is 12.8 Å². The van der Waals surface area contributed by atoms with Gasteiger partial charge in [-0.3, -0.25) is 0 Å². The summed E-state index contributed by atoms with van der Waals surface area (Å²) in [5.74, 6) is 0.970. The molecule has 0 radical (unpaired) electrons. The summed E-state index contributed by atoms with van der Waals surface area (Å²) in [7, 11) is -3.29. The molecule has 1 aliphatic heterocycles. The number of piperidine rings is 1. The first-order valence-corrected chi connectivity index (χ1v) is 9.79. The monoisotopic (exact) mass is 315 g/mol. The number of nitrogens with one attached hydrogen (secondary N) is 2. The molecule has 3 rings (SSSR count). The minimum Gasteiger partial charge on any atom is -0.314 e. The highest BCUT2D eigenvalue weighted by atomic mass is 32.2. The standard InChI is InChI=1S/C15H29N3O2S/c1-15(2)8-13(15)10-17-21(19,20)18-7-3-4-12(11-18)9-16-14-5-6-14/h12-14,16-17H,3-11H2,1-2H3. The van der Waals surface area contributed by atoms with Crippen molar-refractivity contribution < 1.29 is 8.42 Å². The van der Waals surface area contributed by atoms with Crippen LogP contribution in [0.2, 0.25) is 0 Å². The molecule has 0 aromatic heterocycles. The van der Waals surface area contributed by atoms with Gasteiger partial charge in [0.1, 0.15) is 0 Å². The third-order valence-corrected chi connectivity index (χ3v) is 6.87. The molecule has 3 fully saturated rings. The molecule has 5 nitrogen and oxygen atoms in total. The second kappa shape index (κ2) is 5.80. The maximum Gasteiger partial charge on any atom is 0.279 e. The van der Waals surface area contributed by atoms with Gasteiger partial charge >= 0.3 is 0 Å². The van der Waals surface area contributed by atoms with Crippen LogP contribution in [0.3, 0.4) is 0 Å². The lowest BCUT2D eigenvalue weighted by molar-refractivity contribution is 0.257. The van der Waals surface area contributed by atoms with Gasteiger partial charge in [0.25, 0.3) is 10.2 Å². The summed E-state index contributed by atoms with van der Waals surface area (Å²) in [5.41, 5.74) is 0.321. The van der Waals surface area contributed by atoms with Crippen molar-refractivity contribution in [1.29, 1.82) is 0 Å². The summed E-state index contributed by atoms with van der Waals surface area (Å²) >= 11 is 0. The van der Waals surface area contributed by atoms with Crippen LogP contribution in [0.4, 0.5) is 0 Å². The van der Waals surface area contributed by atoms with E-state index in [-0.39, 0.29) is 0 Å². The summed E-state index contributed by atoms with van der Waals surface area (Å²) in [5, 5.41) is 3.53. The van der Waals surface area contributed by atoms with Gasteiger partial charge in [0, 0.05) is 25.7 Å². The Bertz CT molecular complexity index is 473. The molecule has 2 unspecified atom stereocenters. The Kier molecular flexibility index (Phi) is 4.34. The number of rotatable bonds is 7. The average Bonchev–Trinajstić information content (AvgIpc) is 3.33. The summed E-state index contributed by atoms with van der Waals surface area (Å²) < 4.78 is 29.3. The van der Waals surface area contributed by atoms with Crippen LogP contribution in [0.5, 0.6) is 0 Å². The zero-order valence-corrected chi connectivity index (χ0v) is 14.1. The third-order valence-electron chi connectivity index (χ3n) is 5.32. The zero-order chi connectivity index (χ0) is 15.1. The van der Waals surface area contributed by atoms with Gasteiger partial charge in [0.15, 0.2) is 0 Å². The van der Waals surface area contributed by atoms with Gasteiger partial charge in [0.05, 0.1) is 0 Å². The second-order valence-corrected chi connectivity index (χ2v) is 9.55. The van der Waals surface area contributed by atoms with Gasteiger partial charge in [-0.15, -0.1) is 0 Å². The van der Waals surface area contributed by atoms with Crippen LogP contribution in [0.1, 0.15) is 46.0 Å². The normalized spacial score (nSPS) is 33.0. The third kappa shape index (κ3) is 4.18. The number of nitrogens with zero attached hydrogens (tertiary/aromatic N) is 1. The maximum absolute atomic E-state index is 12.4. The van der Waals surface area contributed by atoms with E-state index in [1.54, 1.807) is 4.31 Å². The fraction of sp³-hybridized carbons (Fsp3) is 1.00. The van der Waals surface area contributed by atoms with Crippen molar-refractivity contribution >= 4 is 10.2 Å². The molecule has 0 bridgehead atoms. The van der Waals surface area contributed by atoms with Crippen LogP contribution in [-0.4, -0.2) is 44.9 Å². The molecule has 0 aromatic rings. The predicted molar refractivity (Wildman–Crippen MR) is 84.1 cm³/mol. The Balaban J connectivity index is 1.46. The Labute approximate surface area is 129 Å². The molecule has 6 heteroatoms. The molecule has 122 valence electrons. The van der Waals surface area contributed by atoms with E-state index in [0.29, 0.717) is 42.9 Å². The number of hydrogen-bond acceptors (Lipinski definition) is 3. The van der Waals surface area contributed by atoms with Crippen LogP contribution in [0.25, 0.3) is 0 Å². The molecule has 3 aliphatic rings. The molecule has 0 aromatic carbocycles.